The first kappa shape index (κ1) is 22.9. The smallest absolute Gasteiger partial charge is 0.230 e. The number of hydrogen-bond acceptors (Lipinski definition) is 9. The van der Waals surface area contributed by atoms with Gasteiger partial charge in [-0.05, 0) is 67.7 Å². The molecular formula is C26H25N5O3S. The number of ether oxygens (including phenoxy) is 3. The molecule has 0 radical (unpaired) electrons. The summed E-state index contributed by atoms with van der Waals surface area (Å²) in [6.07, 6.45) is 5.03. The fourth-order valence-corrected chi connectivity index (χ4v) is 4.11. The van der Waals surface area contributed by atoms with Crippen LogP contribution >= 0.6 is 11.5 Å². The van der Waals surface area contributed by atoms with E-state index in [1.807, 2.05) is 47.8 Å². The molecule has 5 rings (SSSR count). The third-order valence-corrected chi connectivity index (χ3v) is 6.17. The van der Waals surface area contributed by atoms with E-state index in [9.17, 15) is 5.26 Å². The number of rotatable bonds is 11. The average Bonchev–Trinajstić information content (AvgIpc) is 3.57. The number of fused-ring (bicyclic) bond motifs is 1. The molecule has 0 amide bonds. The lowest BCUT2D eigenvalue weighted by atomic mass is 10.1. The highest BCUT2D eigenvalue weighted by atomic mass is 32.1. The van der Waals surface area contributed by atoms with E-state index in [4.69, 9.17) is 14.2 Å². The molecule has 1 aliphatic carbocycles. The van der Waals surface area contributed by atoms with Crippen molar-refractivity contribution < 1.29 is 14.2 Å². The lowest BCUT2D eigenvalue weighted by Gasteiger charge is -2.15. The lowest BCUT2D eigenvalue weighted by molar-refractivity contribution is 0.288. The van der Waals surface area contributed by atoms with Crippen molar-refractivity contribution in [1.82, 2.24) is 14.7 Å². The highest BCUT2D eigenvalue weighted by molar-refractivity contribution is 7.03. The first-order chi connectivity index (χ1) is 17.2. The third-order valence-electron chi connectivity index (χ3n) is 5.62. The Morgan fingerprint density at radius 2 is 2.00 bits per heavy atom. The minimum Gasteiger partial charge on any atom is -0.493 e. The second-order valence-electron chi connectivity index (χ2n) is 8.20. The van der Waals surface area contributed by atoms with Gasteiger partial charge in [-0.2, -0.15) is 9.64 Å². The largest absolute Gasteiger partial charge is 0.493 e. The summed E-state index contributed by atoms with van der Waals surface area (Å²) < 4.78 is 21.5. The Labute approximate surface area is 207 Å². The summed E-state index contributed by atoms with van der Waals surface area (Å²) in [4.78, 5) is 4.49. The molecule has 1 saturated carbocycles. The molecule has 1 aliphatic rings. The Morgan fingerprint density at radius 3 is 2.71 bits per heavy atom. The number of methoxy groups -OCH3 is 1. The van der Waals surface area contributed by atoms with Crippen LogP contribution in [-0.2, 0) is 0 Å². The van der Waals surface area contributed by atoms with E-state index < -0.39 is 0 Å². The number of anilines is 2. The molecule has 0 unspecified atom stereocenters. The Balaban J connectivity index is 1.35. The molecule has 2 heterocycles. The Bertz CT molecular complexity index is 1330. The van der Waals surface area contributed by atoms with E-state index in [1.54, 1.807) is 13.3 Å². The van der Waals surface area contributed by atoms with E-state index in [-0.39, 0.29) is 0 Å². The maximum atomic E-state index is 9.72. The van der Waals surface area contributed by atoms with Crippen LogP contribution in [0.15, 0.2) is 54.0 Å². The van der Waals surface area contributed by atoms with Gasteiger partial charge >= 0.3 is 0 Å². The summed E-state index contributed by atoms with van der Waals surface area (Å²) in [5.41, 5.74) is 2.61. The topological polar surface area (TPSA) is 101 Å². The molecule has 2 aromatic carbocycles. The first-order valence-corrected chi connectivity index (χ1v) is 12.3. The second-order valence-corrected chi connectivity index (χ2v) is 8.86. The Kier molecular flexibility index (Phi) is 6.93. The molecule has 2 aromatic heterocycles. The minimum atomic E-state index is 0.433. The summed E-state index contributed by atoms with van der Waals surface area (Å²) in [7, 11) is 1.61. The monoisotopic (exact) mass is 487 g/mol. The minimum absolute atomic E-state index is 0.433. The molecule has 8 nitrogen and oxygen atoms in total. The molecule has 0 bridgehead atoms. The van der Waals surface area contributed by atoms with Crippen LogP contribution in [0.3, 0.4) is 0 Å². The number of hydrogen-bond donors (Lipinski definition) is 2. The number of nitrogens with one attached hydrogen (secondary N) is 2. The molecule has 0 saturated heterocycles. The molecule has 4 aromatic rings. The van der Waals surface area contributed by atoms with Gasteiger partial charge in [-0.15, -0.1) is 0 Å². The van der Waals surface area contributed by atoms with E-state index in [0.717, 1.165) is 24.0 Å². The van der Waals surface area contributed by atoms with Crippen molar-refractivity contribution in [3.05, 3.63) is 59.6 Å². The van der Waals surface area contributed by atoms with E-state index >= 15 is 0 Å². The fraction of sp³-hybridized carbons (Fsp3) is 0.269. The van der Waals surface area contributed by atoms with Gasteiger partial charge in [0.25, 0.3) is 0 Å². The maximum absolute atomic E-state index is 9.72. The number of nitrogens with zero attached hydrogens (tertiary/aromatic N) is 3. The zero-order valence-corrected chi connectivity index (χ0v) is 20.1. The van der Waals surface area contributed by atoms with Crippen LogP contribution in [-0.4, -0.2) is 35.7 Å². The van der Waals surface area contributed by atoms with Crippen molar-refractivity contribution in [2.24, 2.45) is 0 Å². The summed E-state index contributed by atoms with van der Waals surface area (Å²) in [5.74, 6) is 2.47. The van der Waals surface area contributed by atoms with Crippen LogP contribution in [0.5, 0.6) is 23.1 Å². The first-order valence-electron chi connectivity index (χ1n) is 11.5. The highest BCUT2D eigenvalue weighted by Gasteiger charge is 2.19. The summed E-state index contributed by atoms with van der Waals surface area (Å²) >= 11 is 1.34. The van der Waals surface area contributed by atoms with Crippen molar-refractivity contribution in [3.8, 4) is 29.2 Å². The molecule has 1 fully saturated rings. The van der Waals surface area contributed by atoms with Gasteiger partial charge in [-0.1, -0.05) is 0 Å². The van der Waals surface area contributed by atoms with Gasteiger partial charge in [0.2, 0.25) is 5.88 Å². The zero-order chi connectivity index (χ0) is 24.0. The predicted molar refractivity (Wildman–Crippen MR) is 136 cm³/mol. The maximum Gasteiger partial charge on any atom is 0.230 e. The SMILES string of the molecule is COc1cc2c(Nc3ccc(Oc4ccsn4)cc3)c(C#N)cnc2cc1OCCCNC1CC1. The molecule has 35 heavy (non-hydrogen) atoms. The third kappa shape index (κ3) is 5.62. The second kappa shape index (κ2) is 10.6. The quantitative estimate of drug-likeness (QED) is 0.263. The van der Waals surface area contributed by atoms with Crippen molar-refractivity contribution >= 4 is 33.8 Å². The van der Waals surface area contributed by atoms with Crippen LogP contribution in [0, 0.1) is 11.3 Å². The Morgan fingerprint density at radius 1 is 1.14 bits per heavy atom. The van der Waals surface area contributed by atoms with Gasteiger partial charge in [0, 0.05) is 40.8 Å². The van der Waals surface area contributed by atoms with Crippen LogP contribution in [0.1, 0.15) is 24.8 Å². The van der Waals surface area contributed by atoms with Gasteiger partial charge < -0.3 is 24.8 Å². The van der Waals surface area contributed by atoms with Crippen LogP contribution in [0.2, 0.25) is 0 Å². The number of benzene rings is 2. The van der Waals surface area contributed by atoms with E-state index in [1.165, 1.54) is 24.4 Å². The highest BCUT2D eigenvalue weighted by Crippen LogP contribution is 2.37. The standard InChI is InChI=1S/C26H25N5O3S/c1-32-23-13-21-22(14-24(23)33-11-2-10-28-18-3-4-18)29-16-17(15-27)26(21)30-19-5-7-20(8-6-19)34-25-9-12-35-31-25/h5-9,12-14,16,18,28H,2-4,10-11H2,1H3,(H,29,30). The summed E-state index contributed by atoms with van der Waals surface area (Å²) in [6.45, 7) is 1.52. The van der Waals surface area contributed by atoms with Gasteiger partial charge in [0.15, 0.2) is 11.5 Å². The summed E-state index contributed by atoms with van der Waals surface area (Å²) in [6, 6.07) is 15.9. The zero-order valence-electron chi connectivity index (χ0n) is 19.3. The van der Waals surface area contributed by atoms with Crippen molar-refractivity contribution in [3.63, 3.8) is 0 Å². The van der Waals surface area contributed by atoms with Gasteiger partial charge in [-0.25, -0.2) is 0 Å². The summed E-state index contributed by atoms with van der Waals surface area (Å²) in [5, 5.41) is 19.2. The molecule has 2 N–H and O–H groups in total. The molecular weight excluding hydrogens is 462 g/mol. The predicted octanol–water partition coefficient (Wildman–Crippen LogP) is 5.63. The molecule has 0 spiro atoms. The van der Waals surface area contributed by atoms with E-state index in [0.29, 0.717) is 52.5 Å². The molecule has 9 heteroatoms. The molecule has 178 valence electrons. The number of pyridine rings is 1. The van der Waals surface area contributed by atoms with Crippen molar-refractivity contribution in [1.29, 1.82) is 5.26 Å². The van der Waals surface area contributed by atoms with Crippen LogP contribution in [0.25, 0.3) is 10.9 Å². The fourth-order valence-electron chi connectivity index (χ4n) is 3.67. The van der Waals surface area contributed by atoms with Gasteiger partial charge in [0.05, 0.1) is 30.5 Å². The molecule has 0 aliphatic heterocycles. The Hall–Kier alpha value is -3.87. The van der Waals surface area contributed by atoms with Crippen LogP contribution < -0.4 is 24.8 Å². The number of aromatic nitrogens is 2. The average molecular weight is 488 g/mol. The number of nitriles is 1. The normalized spacial score (nSPS) is 12.8. The van der Waals surface area contributed by atoms with Crippen molar-refractivity contribution in [2.45, 2.75) is 25.3 Å². The lowest BCUT2D eigenvalue weighted by Crippen LogP contribution is -2.19. The van der Waals surface area contributed by atoms with Gasteiger partial charge in [-0.3, -0.25) is 4.98 Å². The molecule has 0 atom stereocenters. The van der Waals surface area contributed by atoms with Crippen LogP contribution in [0.4, 0.5) is 11.4 Å². The van der Waals surface area contributed by atoms with Gasteiger partial charge in [0.1, 0.15) is 11.8 Å². The van der Waals surface area contributed by atoms with E-state index in [2.05, 4.69) is 26.1 Å². The van der Waals surface area contributed by atoms with Crippen molar-refractivity contribution in [2.75, 3.05) is 25.6 Å².